The number of carbonyl (C=O) groups excluding carboxylic acids is 2. The van der Waals surface area contributed by atoms with Crippen LogP contribution in [0.15, 0.2) is 24.3 Å². The number of hydrogen-bond acceptors (Lipinski definition) is 7. The SMILES string of the molecule is CSC(=N)c1ccc(N2CC(C(=O)N3CCN(CC(=O)O)CC3)OC2=O)cc1. The van der Waals surface area contributed by atoms with Crippen LogP contribution in [0.2, 0.25) is 0 Å². The first-order valence-electron chi connectivity index (χ1n) is 8.83. The Morgan fingerprint density at radius 2 is 1.86 bits per heavy atom. The van der Waals surface area contributed by atoms with E-state index in [-0.39, 0.29) is 19.0 Å². The first-order valence-corrected chi connectivity index (χ1v) is 10.1. The molecule has 2 aliphatic heterocycles. The lowest BCUT2D eigenvalue weighted by Crippen LogP contribution is -2.52. The van der Waals surface area contributed by atoms with Crippen molar-refractivity contribution in [1.82, 2.24) is 9.80 Å². The highest BCUT2D eigenvalue weighted by Gasteiger charge is 2.39. The van der Waals surface area contributed by atoms with E-state index in [1.165, 1.54) is 16.7 Å². The smallest absolute Gasteiger partial charge is 0.415 e. The van der Waals surface area contributed by atoms with Crippen molar-refractivity contribution in [3.8, 4) is 0 Å². The molecule has 2 heterocycles. The molecule has 1 unspecified atom stereocenters. The first kappa shape index (κ1) is 20.2. The van der Waals surface area contributed by atoms with Crippen LogP contribution in [0.3, 0.4) is 0 Å². The average Bonchev–Trinajstić information content (AvgIpc) is 3.08. The molecule has 0 radical (unpaired) electrons. The highest BCUT2D eigenvalue weighted by Crippen LogP contribution is 2.24. The minimum absolute atomic E-state index is 0.0434. The van der Waals surface area contributed by atoms with Gasteiger partial charge < -0.3 is 14.7 Å². The molecule has 3 rings (SSSR count). The molecule has 0 aromatic heterocycles. The number of piperazine rings is 1. The Kier molecular flexibility index (Phi) is 6.20. The standard InChI is InChI=1S/C18H22N4O5S/c1-28-16(19)12-2-4-13(5-3-12)22-10-14(27-18(22)26)17(25)21-8-6-20(7-9-21)11-15(23)24/h2-5,14,19H,6-11H2,1H3,(H,23,24). The average molecular weight is 406 g/mol. The molecule has 0 saturated carbocycles. The summed E-state index contributed by atoms with van der Waals surface area (Å²) in [4.78, 5) is 40.5. The Balaban J connectivity index is 1.59. The van der Waals surface area contributed by atoms with Crippen molar-refractivity contribution < 1.29 is 24.2 Å². The monoisotopic (exact) mass is 406 g/mol. The summed E-state index contributed by atoms with van der Waals surface area (Å²) in [6, 6.07) is 6.99. The number of nitrogens with one attached hydrogen (secondary N) is 1. The number of aliphatic carboxylic acids is 1. The maximum Gasteiger partial charge on any atom is 0.415 e. The molecule has 2 aliphatic rings. The molecule has 1 aromatic carbocycles. The van der Waals surface area contributed by atoms with Gasteiger partial charge in [0.2, 0.25) is 0 Å². The first-order chi connectivity index (χ1) is 13.4. The van der Waals surface area contributed by atoms with Gasteiger partial charge in [-0.05, 0) is 18.4 Å². The number of thioether (sulfide) groups is 1. The normalized spacial score (nSPS) is 20.2. The van der Waals surface area contributed by atoms with Crippen LogP contribution in [0, 0.1) is 5.41 Å². The van der Waals surface area contributed by atoms with Gasteiger partial charge in [-0.15, -0.1) is 11.8 Å². The molecule has 0 bridgehead atoms. The van der Waals surface area contributed by atoms with Crippen molar-refractivity contribution in [2.45, 2.75) is 6.10 Å². The molecule has 0 aliphatic carbocycles. The fourth-order valence-electron chi connectivity index (χ4n) is 3.23. The van der Waals surface area contributed by atoms with Gasteiger partial charge in [0.25, 0.3) is 5.91 Å². The summed E-state index contributed by atoms with van der Waals surface area (Å²) in [5.74, 6) is -1.15. The van der Waals surface area contributed by atoms with E-state index in [0.29, 0.717) is 36.9 Å². The second-order valence-electron chi connectivity index (χ2n) is 6.56. The number of carboxylic acids is 1. The lowest BCUT2D eigenvalue weighted by Gasteiger charge is -2.34. The highest BCUT2D eigenvalue weighted by atomic mass is 32.2. The second kappa shape index (κ2) is 8.61. The number of ether oxygens (including phenoxy) is 1. The minimum atomic E-state index is -0.890. The van der Waals surface area contributed by atoms with E-state index in [4.69, 9.17) is 15.3 Å². The number of rotatable bonds is 5. The van der Waals surface area contributed by atoms with E-state index in [1.54, 1.807) is 34.1 Å². The summed E-state index contributed by atoms with van der Waals surface area (Å²) >= 11 is 1.33. The molecule has 10 heteroatoms. The summed E-state index contributed by atoms with van der Waals surface area (Å²) in [7, 11) is 0. The summed E-state index contributed by atoms with van der Waals surface area (Å²) < 4.78 is 5.28. The molecular weight excluding hydrogens is 384 g/mol. The van der Waals surface area contributed by atoms with E-state index in [2.05, 4.69) is 0 Å². The number of nitrogens with zero attached hydrogens (tertiary/aromatic N) is 3. The molecule has 2 saturated heterocycles. The lowest BCUT2D eigenvalue weighted by atomic mass is 10.2. The zero-order valence-electron chi connectivity index (χ0n) is 15.5. The molecule has 1 aromatic rings. The van der Waals surface area contributed by atoms with Crippen LogP contribution in [-0.4, -0.2) is 89.5 Å². The summed E-state index contributed by atoms with van der Waals surface area (Å²) in [5.41, 5.74) is 1.37. The topological polar surface area (TPSA) is 114 Å². The van der Waals surface area contributed by atoms with E-state index in [0.717, 1.165) is 5.56 Å². The molecule has 9 nitrogen and oxygen atoms in total. The number of benzene rings is 1. The third-order valence-corrected chi connectivity index (χ3v) is 5.42. The van der Waals surface area contributed by atoms with Crippen LogP contribution in [-0.2, 0) is 14.3 Å². The summed E-state index contributed by atoms with van der Waals surface area (Å²) in [5, 5.41) is 17.1. The molecule has 2 fully saturated rings. The third kappa shape index (κ3) is 4.45. The van der Waals surface area contributed by atoms with Gasteiger partial charge in [-0.3, -0.25) is 24.8 Å². The van der Waals surface area contributed by atoms with Crippen LogP contribution in [0.4, 0.5) is 10.5 Å². The van der Waals surface area contributed by atoms with Crippen molar-refractivity contribution in [1.29, 1.82) is 5.41 Å². The minimum Gasteiger partial charge on any atom is -0.480 e. The predicted molar refractivity (Wildman–Crippen MR) is 105 cm³/mol. The van der Waals surface area contributed by atoms with Crippen LogP contribution >= 0.6 is 11.8 Å². The van der Waals surface area contributed by atoms with Crippen molar-refractivity contribution in [3.63, 3.8) is 0 Å². The fourth-order valence-corrected chi connectivity index (χ4v) is 3.61. The summed E-state index contributed by atoms with van der Waals surface area (Å²) in [6.07, 6.45) is 0.379. The number of cyclic esters (lactones) is 1. The lowest BCUT2D eigenvalue weighted by molar-refractivity contribution is -0.142. The van der Waals surface area contributed by atoms with Crippen LogP contribution in [0.5, 0.6) is 0 Å². The predicted octanol–water partition coefficient (Wildman–Crippen LogP) is 0.929. The van der Waals surface area contributed by atoms with E-state index < -0.39 is 18.2 Å². The van der Waals surface area contributed by atoms with Crippen LogP contribution in [0.25, 0.3) is 0 Å². The molecule has 2 N–H and O–H groups in total. The highest BCUT2D eigenvalue weighted by molar-refractivity contribution is 8.13. The Morgan fingerprint density at radius 1 is 1.21 bits per heavy atom. The number of anilines is 1. The van der Waals surface area contributed by atoms with Gasteiger partial charge in [0.15, 0.2) is 6.10 Å². The van der Waals surface area contributed by atoms with E-state index in [1.807, 2.05) is 6.26 Å². The Hall–Kier alpha value is -2.59. The fraction of sp³-hybridized carbons (Fsp3) is 0.444. The van der Waals surface area contributed by atoms with Gasteiger partial charge in [0.1, 0.15) is 0 Å². The Labute approximate surface area is 166 Å². The molecular formula is C18H22N4O5S. The van der Waals surface area contributed by atoms with Crippen LogP contribution in [0.1, 0.15) is 5.56 Å². The van der Waals surface area contributed by atoms with Gasteiger partial charge in [0.05, 0.1) is 18.1 Å². The van der Waals surface area contributed by atoms with Gasteiger partial charge in [-0.2, -0.15) is 0 Å². The number of amides is 2. The maximum absolute atomic E-state index is 12.7. The van der Waals surface area contributed by atoms with Gasteiger partial charge in [0, 0.05) is 37.4 Å². The Bertz CT molecular complexity index is 777. The molecule has 28 heavy (non-hydrogen) atoms. The Morgan fingerprint density at radius 3 is 2.43 bits per heavy atom. The van der Waals surface area contributed by atoms with Crippen molar-refractivity contribution in [3.05, 3.63) is 29.8 Å². The summed E-state index contributed by atoms with van der Waals surface area (Å²) in [6.45, 7) is 1.86. The maximum atomic E-state index is 12.7. The van der Waals surface area contributed by atoms with Crippen molar-refractivity contribution in [2.24, 2.45) is 0 Å². The van der Waals surface area contributed by atoms with Crippen molar-refractivity contribution in [2.75, 3.05) is 50.4 Å². The number of carbonyl (C=O) groups is 3. The quantitative estimate of drug-likeness (QED) is 0.552. The molecule has 0 spiro atoms. The molecule has 150 valence electrons. The largest absolute Gasteiger partial charge is 0.480 e. The third-order valence-electron chi connectivity index (χ3n) is 4.78. The van der Waals surface area contributed by atoms with Crippen LogP contribution < -0.4 is 4.90 Å². The number of hydrogen-bond donors (Lipinski definition) is 2. The van der Waals surface area contributed by atoms with E-state index >= 15 is 0 Å². The zero-order valence-corrected chi connectivity index (χ0v) is 16.3. The molecule has 1 atom stereocenters. The van der Waals surface area contributed by atoms with Gasteiger partial charge >= 0.3 is 12.1 Å². The van der Waals surface area contributed by atoms with Gasteiger partial charge in [-0.1, -0.05) is 12.1 Å². The number of carboxylic acid groups (broad SMARTS) is 1. The van der Waals surface area contributed by atoms with E-state index in [9.17, 15) is 14.4 Å². The second-order valence-corrected chi connectivity index (χ2v) is 7.37. The zero-order chi connectivity index (χ0) is 20.3. The van der Waals surface area contributed by atoms with Crippen molar-refractivity contribution >= 4 is 40.5 Å². The van der Waals surface area contributed by atoms with Gasteiger partial charge in [-0.25, -0.2) is 4.79 Å². The molecule has 2 amide bonds.